The zero-order chi connectivity index (χ0) is 14.0. The molecule has 1 amide bonds. The largest absolute Gasteiger partial charge is 0.384 e. The van der Waals surface area contributed by atoms with E-state index >= 15 is 0 Å². The van der Waals surface area contributed by atoms with Crippen LogP contribution in [-0.4, -0.2) is 50.8 Å². The lowest BCUT2D eigenvalue weighted by molar-refractivity contribution is -0.0169. The molecule has 2 aliphatic heterocycles. The molecule has 0 saturated carbocycles. The monoisotopic (exact) mass is 295 g/mol. The molecule has 3 heterocycles. The van der Waals surface area contributed by atoms with Gasteiger partial charge in [0.2, 0.25) is 0 Å². The van der Waals surface area contributed by atoms with E-state index < -0.39 is 0 Å². The fourth-order valence-electron chi connectivity index (χ4n) is 3.53. The van der Waals surface area contributed by atoms with E-state index in [1.807, 2.05) is 21.7 Å². The van der Waals surface area contributed by atoms with Gasteiger partial charge in [0, 0.05) is 44.7 Å². The Morgan fingerprint density at radius 2 is 2.35 bits per heavy atom. The number of rotatable bonds is 3. The van der Waals surface area contributed by atoms with Crippen molar-refractivity contribution in [2.75, 3.05) is 40.0 Å². The van der Waals surface area contributed by atoms with Crippen LogP contribution in [0.3, 0.4) is 0 Å². The summed E-state index contributed by atoms with van der Waals surface area (Å²) in [6.45, 7) is 4.00. The summed E-state index contributed by atoms with van der Waals surface area (Å²) in [5.74, 6) is 0.592. The predicted molar refractivity (Wildman–Crippen MR) is 78.1 cm³/mol. The normalized spacial score (nSPS) is 25.2. The maximum atomic E-state index is 12.5. The highest BCUT2D eigenvalue weighted by atomic mass is 32.1. The summed E-state index contributed by atoms with van der Waals surface area (Å²) in [7, 11) is 1.75. The summed E-state index contributed by atoms with van der Waals surface area (Å²) in [4.78, 5) is 14.6. The lowest BCUT2D eigenvalue weighted by atomic mass is 9.72. The quantitative estimate of drug-likeness (QED) is 0.858. The van der Waals surface area contributed by atoms with Crippen molar-refractivity contribution in [2.45, 2.75) is 12.8 Å². The molecule has 1 atom stereocenters. The minimum atomic E-state index is 0.163. The standard InChI is InChI=1S/C15H21NO3S/c1-18-9-13-8-16(14(17)12-2-7-20-10-12)11-15(13)3-5-19-6-4-15/h2,7,10,13H,3-6,8-9,11H2,1H3. The van der Waals surface area contributed by atoms with Gasteiger partial charge in [-0.3, -0.25) is 4.79 Å². The van der Waals surface area contributed by atoms with Gasteiger partial charge in [-0.05, 0) is 29.7 Å². The Morgan fingerprint density at radius 1 is 1.55 bits per heavy atom. The Hall–Kier alpha value is -0.910. The number of thiophene rings is 1. The summed E-state index contributed by atoms with van der Waals surface area (Å²) >= 11 is 1.57. The molecule has 2 fully saturated rings. The Morgan fingerprint density at radius 3 is 3.00 bits per heavy atom. The lowest BCUT2D eigenvalue weighted by Crippen LogP contribution is -2.39. The van der Waals surface area contributed by atoms with Gasteiger partial charge in [0.05, 0.1) is 12.2 Å². The van der Waals surface area contributed by atoms with Crippen molar-refractivity contribution >= 4 is 17.2 Å². The fourth-order valence-corrected chi connectivity index (χ4v) is 4.16. The first-order valence-corrected chi connectivity index (χ1v) is 8.08. The summed E-state index contributed by atoms with van der Waals surface area (Å²) in [5, 5.41) is 3.89. The number of carbonyl (C=O) groups excluding carboxylic acids is 1. The van der Waals surface area contributed by atoms with Gasteiger partial charge in [-0.25, -0.2) is 0 Å². The molecule has 1 aromatic heterocycles. The molecule has 1 spiro atoms. The number of likely N-dealkylation sites (tertiary alicyclic amines) is 1. The highest BCUT2D eigenvalue weighted by Crippen LogP contribution is 2.44. The molecule has 4 nitrogen and oxygen atoms in total. The number of carbonyl (C=O) groups is 1. The minimum Gasteiger partial charge on any atom is -0.384 e. The Balaban J connectivity index is 1.77. The SMILES string of the molecule is COCC1CN(C(=O)c2ccsc2)CC12CCOCC2. The zero-order valence-electron chi connectivity index (χ0n) is 11.8. The van der Waals surface area contributed by atoms with Crippen LogP contribution in [0.2, 0.25) is 0 Å². The van der Waals surface area contributed by atoms with Gasteiger partial charge in [0.1, 0.15) is 0 Å². The number of methoxy groups -OCH3 is 1. The molecule has 3 rings (SSSR count). The van der Waals surface area contributed by atoms with E-state index in [-0.39, 0.29) is 11.3 Å². The second-order valence-corrected chi connectivity index (χ2v) is 6.60. The van der Waals surface area contributed by atoms with E-state index in [2.05, 4.69) is 0 Å². The molecule has 20 heavy (non-hydrogen) atoms. The van der Waals surface area contributed by atoms with Crippen molar-refractivity contribution in [3.63, 3.8) is 0 Å². The van der Waals surface area contributed by atoms with Gasteiger partial charge < -0.3 is 14.4 Å². The van der Waals surface area contributed by atoms with Gasteiger partial charge in [0.25, 0.3) is 5.91 Å². The topological polar surface area (TPSA) is 38.8 Å². The van der Waals surface area contributed by atoms with Crippen LogP contribution < -0.4 is 0 Å². The average Bonchev–Trinajstić information content (AvgIpc) is 3.09. The smallest absolute Gasteiger partial charge is 0.254 e. The van der Waals surface area contributed by atoms with Crippen LogP contribution in [0, 0.1) is 11.3 Å². The summed E-state index contributed by atoms with van der Waals surface area (Å²) < 4.78 is 10.9. The molecule has 1 unspecified atom stereocenters. The van der Waals surface area contributed by atoms with Crippen molar-refractivity contribution in [2.24, 2.45) is 11.3 Å². The molecule has 2 saturated heterocycles. The van der Waals surface area contributed by atoms with Crippen molar-refractivity contribution in [3.05, 3.63) is 22.4 Å². The van der Waals surface area contributed by atoms with Gasteiger partial charge >= 0.3 is 0 Å². The lowest BCUT2D eigenvalue weighted by Gasteiger charge is -2.37. The molecular formula is C15H21NO3S. The third kappa shape index (κ3) is 2.50. The van der Waals surface area contributed by atoms with E-state index in [1.165, 1.54) is 0 Å². The van der Waals surface area contributed by atoms with Crippen molar-refractivity contribution in [3.8, 4) is 0 Å². The molecule has 110 valence electrons. The first-order chi connectivity index (χ1) is 9.75. The first kappa shape index (κ1) is 14.0. The number of ether oxygens (including phenoxy) is 2. The zero-order valence-corrected chi connectivity index (χ0v) is 12.7. The van der Waals surface area contributed by atoms with Gasteiger partial charge in [0.15, 0.2) is 0 Å². The van der Waals surface area contributed by atoms with Gasteiger partial charge in [-0.1, -0.05) is 0 Å². The van der Waals surface area contributed by atoms with Crippen molar-refractivity contribution in [1.82, 2.24) is 4.90 Å². The molecule has 5 heteroatoms. The summed E-state index contributed by atoms with van der Waals surface area (Å²) in [6.07, 6.45) is 2.07. The number of hydrogen-bond acceptors (Lipinski definition) is 4. The fraction of sp³-hybridized carbons (Fsp3) is 0.667. The number of nitrogens with zero attached hydrogens (tertiary/aromatic N) is 1. The van der Waals surface area contributed by atoms with Gasteiger partial charge in [-0.2, -0.15) is 11.3 Å². The van der Waals surface area contributed by atoms with Crippen molar-refractivity contribution in [1.29, 1.82) is 0 Å². The highest BCUT2D eigenvalue weighted by molar-refractivity contribution is 7.08. The molecule has 0 aliphatic carbocycles. The summed E-state index contributed by atoms with van der Waals surface area (Å²) in [6, 6.07) is 1.91. The van der Waals surface area contributed by atoms with E-state index in [0.29, 0.717) is 5.92 Å². The second kappa shape index (κ2) is 5.84. The Bertz CT molecular complexity index is 454. The molecule has 0 radical (unpaired) electrons. The maximum Gasteiger partial charge on any atom is 0.254 e. The van der Waals surface area contributed by atoms with E-state index in [9.17, 15) is 4.79 Å². The minimum absolute atomic E-state index is 0.163. The van der Waals surface area contributed by atoms with Crippen LogP contribution in [0.4, 0.5) is 0 Å². The molecule has 2 aliphatic rings. The average molecular weight is 295 g/mol. The van der Waals surface area contributed by atoms with Crippen LogP contribution in [-0.2, 0) is 9.47 Å². The molecular weight excluding hydrogens is 274 g/mol. The van der Waals surface area contributed by atoms with Crippen LogP contribution in [0.1, 0.15) is 23.2 Å². The van der Waals surface area contributed by atoms with Gasteiger partial charge in [-0.15, -0.1) is 0 Å². The third-order valence-electron chi connectivity index (χ3n) is 4.72. The first-order valence-electron chi connectivity index (χ1n) is 7.13. The summed E-state index contributed by atoms with van der Waals surface area (Å²) in [5.41, 5.74) is 1.01. The van der Waals surface area contributed by atoms with Crippen LogP contribution >= 0.6 is 11.3 Å². The van der Waals surface area contributed by atoms with E-state index in [0.717, 1.165) is 51.3 Å². The number of hydrogen-bond donors (Lipinski definition) is 0. The highest BCUT2D eigenvalue weighted by Gasteiger charge is 2.48. The van der Waals surface area contributed by atoms with E-state index in [4.69, 9.17) is 9.47 Å². The second-order valence-electron chi connectivity index (χ2n) is 5.82. The van der Waals surface area contributed by atoms with Crippen LogP contribution in [0.25, 0.3) is 0 Å². The number of amides is 1. The Labute approximate surface area is 123 Å². The van der Waals surface area contributed by atoms with E-state index in [1.54, 1.807) is 18.4 Å². The van der Waals surface area contributed by atoms with Crippen molar-refractivity contribution < 1.29 is 14.3 Å². The molecule has 0 N–H and O–H groups in total. The van der Waals surface area contributed by atoms with Crippen LogP contribution in [0.5, 0.6) is 0 Å². The Kier molecular flexibility index (Phi) is 4.10. The van der Waals surface area contributed by atoms with Crippen LogP contribution in [0.15, 0.2) is 16.8 Å². The maximum absolute atomic E-state index is 12.5. The molecule has 0 aromatic carbocycles. The molecule has 1 aromatic rings. The third-order valence-corrected chi connectivity index (χ3v) is 5.41. The molecule has 0 bridgehead atoms. The predicted octanol–water partition coefficient (Wildman–Crippen LogP) is 2.26.